The maximum atomic E-state index is 13.8. The second-order valence-electron chi connectivity index (χ2n) is 11.0. The first-order chi connectivity index (χ1) is 17.9. The lowest BCUT2D eigenvalue weighted by molar-refractivity contribution is -0.0222. The molecule has 9 heteroatoms. The number of hydrogen-bond donors (Lipinski definition) is 2. The van der Waals surface area contributed by atoms with Crippen LogP contribution in [-0.2, 0) is 0 Å². The average Bonchev–Trinajstić information content (AvgIpc) is 3.27. The number of piperidine rings is 2. The molecule has 0 unspecified atom stereocenters. The van der Waals surface area contributed by atoms with Crippen molar-refractivity contribution in [2.45, 2.75) is 44.4 Å². The van der Waals surface area contributed by atoms with Gasteiger partial charge in [0.25, 0.3) is 5.92 Å². The number of nitrogens with one attached hydrogen (secondary N) is 1. The minimum Gasteiger partial charge on any atom is -0.399 e. The van der Waals surface area contributed by atoms with Crippen LogP contribution < -0.4 is 15.5 Å². The van der Waals surface area contributed by atoms with Gasteiger partial charge in [-0.2, -0.15) is 5.10 Å². The van der Waals surface area contributed by atoms with Gasteiger partial charge in [-0.05, 0) is 67.5 Å². The molecular formula is C28H31F2N7. The summed E-state index contributed by atoms with van der Waals surface area (Å²) in [5, 5.41) is 4.45. The van der Waals surface area contributed by atoms with Gasteiger partial charge in [-0.25, -0.2) is 18.3 Å². The second kappa shape index (κ2) is 8.19. The molecule has 1 spiro atoms. The molecule has 4 aromatic rings. The lowest BCUT2D eigenvalue weighted by atomic mass is 9.93. The van der Waals surface area contributed by atoms with Gasteiger partial charge in [0.1, 0.15) is 11.6 Å². The van der Waals surface area contributed by atoms with Crippen LogP contribution in [0.5, 0.6) is 0 Å². The number of benzene rings is 1. The molecule has 1 saturated carbocycles. The molecule has 1 aliphatic carbocycles. The number of rotatable bonds is 4. The normalized spacial score (nSPS) is 20.6. The maximum absolute atomic E-state index is 13.8. The fourth-order valence-electron chi connectivity index (χ4n) is 5.97. The Bertz CT molecular complexity index is 1450. The highest BCUT2D eigenvalue weighted by molar-refractivity contribution is 5.80. The van der Waals surface area contributed by atoms with Crippen LogP contribution in [0.4, 0.5) is 26.0 Å². The highest BCUT2D eigenvalue weighted by Crippen LogP contribution is 2.54. The molecule has 3 aromatic heterocycles. The average molecular weight is 504 g/mol. The van der Waals surface area contributed by atoms with Crippen LogP contribution in [-0.4, -0.2) is 51.7 Å². The minimum absolute atomic E-state index is 0.147. The summed E-state index contributed by atoms with van der Waals surface area (Å²) < 4.78 is 29.5. The number of H-pyrrole nitrogens is 1. The maximum Gasteiger partial charge on any atom is 0.251 e. The standard InChI is InChI=1S/C28H31F2N7/c29-28(30)8-13-36(14-9-28)25-16-19(15-21-3-10-33-37(21)25)23-18-32-26(34-23)22-2-1-20(31)17-24(22)35-11-6-27(4-5-27)7-12-35/h1-3,10,15-18H,4-9,11-14,31H2,(H,32,34). The number of anilines is 3. The predicted octanol–water partition coefficient (Wildman–Crippen LogP) is 5.59. The summed E-state index contributed by atoms with van der Waals surface area (Å²) in [5.74, 6) is -0.982. The minimum atomic E-state index is -2.60. The van der Waals surface area contributed by atoms with Crippen molar-refractivity contribution < 1.29 is 8.78 Å². The van der Waals surface area contributed by atoms with Gasteiger partial charge >= 0.3 is 0 Å². The smallest absolute Gasteiger partial charge is 0.251 e. The molecule has 0 atom stereocenters. The summed E-state index contributed by atoms with van der Waals surface area (Å²) in [4.78, 5) is 12.7. The molecule has 3 fully saturated rings. The zero-order valence-corrected chi connectivity index (χ0v) is 20.8. The largest absolute Gasteiger partial charge is 0.399 e. The van der Waals surface area contributed by atoms with Crippen LogP contribution in [0, 0.1) is 5.41 Å². The van der Waals surface area contributed by atoms with Crippen molar-refractivity contribution in [3.63, 3.8) is 0 Å². The van der Waals surface area contributed by atoms with Gasteiger partial charge in [-0.15, -0.1) is 0 Å². The van der Waals surface area contributed by atoms with E-state index in [2.05, 4.69) is 27.1 Å². The van der Waals surface area contributed by atoms with Gasteiger partial charge in [0.2, 0.25) is 0 Å². The lowest BCUT2D eigenvalue weighted by Gasteiger charge is -2.35. The van der Waals surface area contributed by atoms with Crippen LogP contribution >= 0.6 is 0 Å². The molecule has 2 aliphatic heterocycles. The monoisotopic (exact) mass is 503 g/mol. The summed E-state index contributed by atoms with van der Waals surface area (Å²) in [5.41, 5.74) is 12.5. The molecule has 3 N–H and O–H groups in total. The van der Waals surface area contributed by atoms with E-state index in [1.54, 1.807) is 6.20 Å². The number of nitrogens with zero attached hydrogens (tertiary/aromatic N) is 5. The van der Waals surface area contributed by atoms with Gasteiger partial charge in [-0.1, -0.05) is 0 Å². The fourth-order valence-corrected chi connectivity index (χ4v) is 5.97. The first-order valence-electron chi connectivity index (χ1n) is 13.2. The number of aromatic nitrogens is 4. The summed E-state index contributed by atoms with van der Waals surface area (Å²) in [6.45, 7) is 2.68. The fraction of sp³-hybridized carbons (Fsp3) is 0.429. The van der Waals surface area contributed by atoms with Crippen LogP contribution in [0.1, 0.15) is 38.5 Å². The third kappa shape index (κ3) is 4.10. The van der Waals surface area contributed by atoms with E-state index in [1.165, 1.54) is 25.7 Å². The number of alkyl halides is 2. The van der Waals surface area contributed by atoms with Gasteiger partial charge in [0, 0.05) is 61.5 Å². The summed E-state index contributed by atoms with van der Waals surface area (Å²) >= 11 is 0. The molecule has 3 aliphatic rings. The Morgan fingerprint density at radius 1 is 0.865 bits per heavy atom. The zero-order chi connectivity index (χ0) is 25.2. The number of pyridine rings is 1. The van der Waals surface area contributed by atoms with Crippen LogP contribution in [0.3, 0.4) is 0 Å². The van der Waals surface area contributed by atoms with E-state index in [9.17, 15) is 8.78 Å². The van der Waals surface area contributed by atoms with E-state index >= 15 is 0 Å². The van der Waals surface area contributed by atoms with Crippen molar-refractivity contribution in [2.24, 2.45) is 5.41 Å². The van der Waals surface area contributed by atoms with Crippen LogP contribution in [0.15, 0.2) is 48.8 Å². The van der Waals surface area contributed by atoms with Gasteiger partial charge in [-0.3, -0.25) is 0 Å². The Kier molecular flexibility index (Phi) is 5.00. The first-order valence-corrected chi connectivity index (χ1v) is 13.2. The molecular weight excluding hydrogens is 472 g/mol. The molecule has 7 rings (SSSR count). The second-order valence-corrected chi connectivity index (χ2v) is 11.0. The van der Waals surface area contributed by atoms with E-state index in [0.29, 0.717) is 18.5 Å². The number of nitrogen functional groups attached to an aromatic ring is 1. The molecule has 0 bridgehead atoms. The summed E-state index contributed by atoms with van der Waals surface area (Å²) in [6.07, 6.45) is 8.51. The van der Waals surface area contributed by atoms with Gasteiger partial charge < -0.3 is 20.5 Å². The highest BCUT2D eigenvalue weighted by atomic mass is 19.3. The van der Waals surface area contributed by atoms with Crippen LogP contribution in [0.25, 0.3) is 28.2 Å². The third-order valence-corrected chi connectivity index (χ3v) is 8.58. The van der Waals surface area contributed by atoms with Gasteiger partial charge in [0.05, 0.1) is 23.6 Å². The quantitative estimate of drug-likeness (QED) is 0.355. The molecule has 5 heterocycles. The number of aromatic amines is 1. The summed E-state index contributed by atoms with van der Waals surface area (Å²) in [7, 11) is 0. The van der Waals surface area contributed by atoms with E-state index < -0.39 is 5.92 Å². The van der Waals surface area contributed by atoms with Crippen molar-refractivity contribution in [3.05, 3.63) is 48.8 Å². The molecule has 1 aromatic carbocycles. The number of fused-ring (bicyclic) bond motifs is 1. The number of imidazole rings is 1. The van der Waals surface area contributed by atoms with E-state index in [4.69, 9.17) is 10.7 Å². The third-order valence-electron chi connectivity index (χ3n) is 8.58. The Labute approximate surface area is 214 Å². The van der Waals surface area contributed by atoms with Crippen LogP contribution in [0.2, 0.25) is 0 Å². The highest BCUT2D eigenvalue weighted by Gasteiger charge is 2.44. The van der Waals surface area contributed by atoms with Gasteiger partial charge in [0.15, 0.2) is 0 Å². The number of halogens is 2. The lowest BCUT2D eigenvalue weighted by Crippen LogP contribution is -2.40. The SMILES string of the molecule is Nc1ccc(-c2ncc(-c3cc(N4CCC(F)(F)CC4)n4nccc4c3)[nH]2)c(N2CCC3(CC2)CC3)c1. The molecule has 7 nitrogen and oxygen atoms in total. The number of hydrogen-bond acceptors (Lipinski definition) is 5. The predicted molar refractivity (Wildman–Crippen MR) is 142 cm³/mol. The topological polar surface area (TPSA) is 78.5 Å². The van der Waals surface area contributed by atoms with Crippen molar-refractivity contribution in [1.29, 1.82) is 0 Å². The van der Waals surface area contributed by atoms with Crippen molar-refractivity contribution >= 4 is 22.7 Å². The summed E-state index contributed by atoms with van der Waals surface area (Å²) in [6, 6.07) is 12.0. The molecule has 37 heavy (non-hydrogen) atoms. The van der Waals surface area contributed by atoms with Crippen molar-refractivity contribution in [1.82, 2.24) is 19.6 Å². The van der Waals surface area contributed by atoms with Crippen molar-refractivity contribution in [2.75, 3.05) is 41.7 Å². The Morgan fingerprint density at radius 2 is 1.62 bits per heavy atom. The van der Waals surface area contributed by atoms with E-state index in [-0.39, 0.29) is 12.8 Å². The van der Waals surface area contributed by atoms with E-state index in [1.807, 2.05) is 39.9 Å². The molecule has 192 valence electrons. The first kappa shape index (κ1) is 22.6. The molecule has 0 radical (unpaired) electrons. The molecule has 0 amide bonds. The zero-order valence-electron chi connectivity index (χ0n) is 20.8. The van der Waals surface area contributed by atoms with Crippen molar-refractivity contribution in [3.8, 4) is 22.6 Å². The Morgan fingerprint density at radius 3 is 2.38 bits per heavy atom. The Balaban J connectivity index is 1.22. The number of nitrogens with two attached hydrogens (primary N) is 1. The Hall–Kier alpha value is -3.62. The molecule has 2 saturated heterocycles. The van der Waals surface area contributed by atoms with E-state index in [0.717, 1.165) is 58.4 Å².